The van der Waals surface area contributed by atoms with Gasteiger partial charge in [0, 0.05) is 18.5 Å². The van der Waals surface area contributed by atoms with Crippen molar-refractivity contribution >= 4 is 39.8 Å². The molecule has 1 unspecified atom stereocenters. The minimum absolute atomic E-state index is 0.00917. The van der Waals surface area contributed by atoms with Gasteiger partial charge in [-0.25, -0.2) is 4.98 Å². The van der Waals surface area contributed by atoms with Crippen LogP contribution in [0.2, 0.25) is 0 Å². The van der Waals surface area contributed by atoms with Crippen LogP contribution in [0.4, 0.5) is 5.82 Å². The molecule has 1 saturated heterocycles. The second-order valence-corrected chi connectivity index (χ2v) is 5.52. The Morgan fingerprint density at radius 1 is 1.48 bits per heavy atom. The first-order valence-corrected chi connectivity index (χ1v) is 7.22. The number of nitrogens with zero attached hydrogens (tertiary/aromatic N) is 2. The van der Waals surface area contributed by atoms with Crippen molar-refractivity contribution in [3.05, 3.63) is 35.9 Å². The summed E-state index contributed by atoms with van der Waals surface area (Å²) in [6.07, 6.45) is 0. The SMILES string of the molecule is CC1C(=O)NCCN1c1nc2ccccc2cc1C(N)=S. The molecule has 2 aromatic rings. The van der Waals surface area contributed by atoms with Gasteiger partial charge in [0.05, 0.1) is 11.1 Å². The number of thiocarbonyl (C=S) groups is 1. The van der Waals surface area contributed by atoms with E-state index in [0.29, 0.717) is 29.5 Å². The predicted octanol–water partition coefficient (Wildman–Crippen LogP) is 1.19. The summed E-state index contributed by atoms with van der Waals surface area (Å²) in [6.45, 7) is 3.14. The summed E-state index contributed by atoms with van der Waals surface area (Å²) in [5.74, 6) is 0.675. The molecule has 108 valence electrons. The fourth-order valence-electron chi connectivity index (χ4n) is 2.58. The molecule has 5 nitrogen and oxygen atoms in total. The normalized spacial score (nSPS) is 18.6. The van der Waals surface area contributed by atoms with E-state index in [0.717, 1.165) is 10.9 Å². The highest BCUT2D eigenvalue weighted by Gasteiger charge is 2.28. The maximum Gasteiger partial charge on any atom is 0.242 e. The molecule has 6 heteroatoms. The summed E-state index contributed by atoms with van der Waals surface area (Å²) in [4.78, 5) is 18.8. The number of anilines is 1. The van der Waals surface area contributed by atoms with Crippen LogP contribution in [0.3, 0.4) is 0 Å². The van der Waals surface area contributed by atoms with E-state index in [2.05, 4.69) is 10.3 Å². The Morgan fingerprint density at radius 2 is 2.24 bits per heavy atom. The number of hydrogen-bond donors (Lipinski definition) is 2. The second-order valence-electron chi connectivity index (χ2n) is 5.08. The first-order valence-electron chi connectivity index (χ1n) is 6.82. The second kappa shape index (κ2) is 5.29. The van der Waals surface area contributed by atoms with Crippen LogP contribution in [-0.2, 0) is 4.79 Å². The van der Waals surface area contributed by atoms with Crippen molar-refractivity contribution in [3.63, 3.8) is 0 Å². The molecular formula is C15H16N4OS. The van der Waals surface area contributed by atoms with Gasteiger partial charge in [0.1, 0.15) is 16.8 Å². The zero-order valence-corrected chi connectivity index (χ0v) is 12.5. The first kappa shape index (κ1) is 13.8. The molecule has 1 aliphatic heterocycles. The van der Waals surface area contributed by atoms with Crippen LogP contribution in [-0.4, -0.2) is 35.0 Å². The van der Waals surface area contributed by atoms with Gasteiger partial charge in [0.2, 0.25) is 5.91 Å². The Balaban J connectivity index is 2.17. The molecule has 0 saturated carbocycles. The highest BCUT2D eigenvalue weighted by Crippen LogP contribution is 2.26. The average molecular weight is 300 g/mol. The number of para-hydroxylation sites is 1. The van der Waals surface area contributed by atoms with Gasteiger partial charge >= 0.3 is 0 Å². The number of aromatic nitrogens is 1. The standard InChI is InChI=1S/C15H16N4OS/c1-9-15(20)17-6-7-19(9)14-11(13(16)21)8-10-4-2-3-5-12(10)18-14/h2-5,8-9H,6-7H2,1H3,(H2,16,21)(H,17,20). The summed E-state index contributed by atoms with van der Waals surface area (Å²) < 4.78 is 0. The Bertz CT molecular complexity index is 731. The Kier molecular flexibility index (Phi) is 3.47. The zero-order valence-electron chi connectivity index (χ0n) is 11.7. The number of pyridine rings is 1. The van der Waals surface area contributed by atoms with E-state index in [1.807, 2.05) is 42.2 Å². The zero-order chi connectivity index (χ0) is 15.0. The van der Waals surface area contributed by atoms with Gasteiger partial charge in [0.15, 0.2) is 0 Å². The van der Waals surface area contributed by atoms with Gasteiger partial charge in [-0.2, -0.15) is 0 Å². The number of nitrogens with one attached hydrogen (secondary N) is 1. The van der Waals surface area contributed by atoms with Gasteiger partial charge < -0.3 is 16.0 Å². The van der Waals surface area contributed by atoms with Crippen LogP contribution >= 0.6 is 12.2 Å². The van der Waals surface area contributed by atoms with Gasteiger partial charge in [-0.1, -0.05) is 30.4 Å². The molecule has 2 heterocycles. The van der Waals surface area contributed by atoms with Crippen molar-refractivity contribution in [3.8, 4) is 0 Å². The van der Waals surface area contributed by atoms with Crippen LogP contribution in [0.15, 0.2) is 30.3 Å². The van der Waals surface area contributed by atoms with E-state index in [1.165, 1.54) is 0 Å². The molecule has 1 aromatic heterocycles. The number of hydrogen-bond acceptors (Lipinski definition) is 4. The first-order chi connectivity index (χ1) is 10.1. The number of benzene rings is 1. The van der Waals surface area contributed by atoms with Gasteiger partial charge in [0.25, 0.3) is 0 Å². The third kappa shape index (κ3) is 2.42. The number of piperazine rings is 1. The summed E-state index contributed by atoms with van der Waals surface area (Å²) in [5.41, 5.74) is 7.44. The third-order valence-electron chi connectivity index (χ3n) is 3.74. The van der Waals surface area contributed by atoms with Crippen molar-refractivity contribution in [1.29, 1.82) is 0 Å². The number of rotatable bonds is 2. The third-order valence-corrected chi connectivity index (χ3v) is 3.96. The summed E-state index contributed by atoms with van der Waals surface area (Å²) in [5, 5.41) is 3.83. The molecule has 1 aromatic carbocycles. The fourth-order valence-corrected chi connectivity index (χ4v) is 2.73. The van der Waals surface area contributed by atoms with Gasteiger partial charge in [-0.15, -0.1) is 0 Å². The van der Waals surface area contributed by atoms with Crippen LogP contribution in [0.1, 0.15) is 12.5 Å². The number of fused-ring (bicyclic) bond motifs is 1. The molecule has 0 spiro atoms. The molecule has 1 amide bonds. The lowest BCUT2D eigenvalue weighted by atomic mass is 10.1. The maximum atomic E-state index is 11.9. The molecule has 1 aliphatic rings. The minimum atomic E-state index is -0.291. The molecule has 21 heavy (non-hydrogen) atoms. The number of carbonyl (C=O) groups excluding carboxylic acids is 1. The van der Waals surface area contributed by atoms with Crippen LogP contribution in [0.5, 0.6) is 0 Å². The van der Waals surface area contributed by atoms with Crippen molar-refractivity contribution in [1.82, 2.24) is 10.3 Å². The monoisotopic (exact) mass is 300 g/mol. The summed E-state index contributed by atoms with van der Waals surface area (Å²) in [7, 11) is 0. The van der Waals surface area contributed by atoms with E-state index >= 15 is 0 Å². The predicted molar refractivity (Wildman–Crippen MR) is 87.4 cm³/mol. The van der Waals surface area contributed by atoms with E-state index in [-0.39, 0.29) is 11.9 Å². The highest BCUT2D eigenvalue weighted by molar-refractivity contribution is 7.80. The van der Waals surface area contributed by atoms with E-state index in [1.54, 1.807) is 0 Å². The molecule has 3 rings (SSSR count). The molecule has 0 aliphatic carbocycles. The topological polar surface area (TPSA) is 71.2 Å². The fraction of sp³-hybridized carbons (Fsp3) is 0.267. The smallest absolute Gasteiger partial charge is 0.242 e. The molecule has 3 N–H and O–H groups in total. The maximum absolute atomic E-state index is 11.9. The Morgan fingerprint density at radius 3 is 3.00 bits per heavy atom. The minimum Gasteiger partial charge on any atom is -0.389 e. The number of amides is 1. The van der Waals surface area contributed by atoms with Crippen LogP contribution in [0.25, 0.3) is 10.9 Å². The van der Waals surface area contributed by atoms with Crippen LogP contribution in [0, 0.1) is 0 Å². The van der Waals surface area contributed by atoms with E-state index < -0.39 is 0 Å². The highest BCUT2D eigenvalue weighted by atomic mass is 32.1. The van der Waals surface area contributed by atoms with Crippen molar-refractivity contribution in [2.75, 3.05) is 18.0 Å². The van der Waals surface area contributed by atoms with Gasteiger partial charge in [-0.05, 0) is 19.1 Å². The molecular weight excluding hydrogens is 284 g/mol. The molecule has 1 atom stereocenters. The van der Waals surface area contributed by atoms with Crippen LogP contribution < -0.4 is 16.0 Å². The average Bonchev–Trinajstić information content (AvgIpc) is 2.48. The Hall–Kier alpha value is -2.21. The lowest BCUT2D eigenvalue weighted by Gasteiger charge is -2.35. The largest absolute Gasteiger partial charge is 0.389 e. The lowest BCUT2D eigenvalue weighted by molar-refractivity contribution is -0.122. The molecule has 0 bridgehead atoms. The van der Waals surface area contributed by atoms with Crippen molar-refractivity contribution in [2.24, 2.45) is 5.73 Å². The van der Waals surface area contributed by atoms with E-state index in [9.17, 15) is 4.79 Å². The number of nitrogens with two attached hydrogens (primary N) is 1. The number of carbonyl (C=O) groups is 1. The van der Waals surface area contributed by atoms with Crippen molar-refractivity contribution in [2.45, 2.75) is 13.0 Å². The molecule has 0 radical (unpaired) electrons. The van der Waals surface area contributed by atoms with Crippen molar-refractivity contribution < 1.29 is 4.79 Å². The summed E-state index contributed by atoms with van der Waals surface area (Å²) in [6, 6.07) is 9.45. The van der Waals surface area contributed by atoms with Gasteiger partial charge in [-0.3, -0.25) is 4.79 Å². The quantitative estimate of drug-likeness (QED) is 0.815. The molecule has 1 fully saturated rings. The lowest BCUT2D eigenvalue weighted by Crippen LogP contribution is -2.54. The van der Waals surface area contributed by atoms with E-state index in [4.69, 9.17) is 18.0 Å². The Labute approximate surface area is 128 Å². The summed E-state index contributed by atoms with van der Waals surface area (Å²) >= 11 is 5.16.